The predicted molar refractivity (Wildman–Crippen MR) is 133 cm³/mol. The lowest BCUT2D eigenvalue weighted by atomic mass is 9.94. The summed E-state index contributed by atoms with van der Waals surface area (Å²) in [5, 5.41) is 2.37. The first-order valence-corrected chi connectivity index (χ1v) is 11.1. The molecule has 0 unspecified atom stereocenters. The highest BCUT2D eigenvalue weighted by Gasteiger charge is 2.21. The van der Waals surface area contributed by atoms with Gasteiger partial charge in [-0.25, -0.2) is 0 Å². The summed E-state index contributed by atoms with van der Waals surface area (Å²) in [4.78, 5) is 0. The van der Waals surface area contributed by atoms with Crippen molar-refractivity contribution >= 4 is 21.9 Å². The number of rotatable bonds is 2. The standard InChI is InChI=1S/C31H20O/c1-2-7-20(8-3-1)21-13-14-22-17-23-15-16-24(19-28(23)27(22)18-21)25-10-6-12-30-31(25)26-9-4-5-11-29(26)32-30/h1-16,18-19H,17H2. The molecular formula is C31H20O. The Morgan fingerprint density at radius 2 is 1.16 bits per heavy atom. The molecule has 0 saturated carbocycles. The van der Waals surface area contributed by atoms with Crippen LogP contribution in [0.5, 0.6) is 0 Å². The van der Waals surface area contributed by atoms with Crippen molar-refractivity contribution in [2.75, 3.05) is 0 Å². The molecule has 7 rings (SSSR count). The fourth-order valence-electron chi connectivity index (χ4n) is 5.16. The van der Waals surface area contributed by atoms with Gasteiger partial charge >= 0.3 is 0 Å². The van der Waals surface area contributed by atoms with Crippen molar-refractivity contribution in [1.82, 2.24) is 0 Å². The summed E-state index contributed by atoms with van der Waals surface area (Å²) in [5.41, 5.74) is 12.4. The topological polar surface area (TPSA) is 13.1 Å². The van der Waals surface area contributed by atoms with Crippen LogP contribution in [0.1, 0.15) is 11.1 Å². The monoisotopic (exact) mass is 408 g/mol. The number of hydrogen-bond acceptors (Lipinski definition) is 1. The third-order valence-corrected chi connectivity index (χ3v) is 6.71. The van der Waals surface area contributed by atoms with Gasteiger partial charge in [-0.05, 0) is 75.2 Å². The zero-order valence-electron chi connectivity index (χ0n) is 17.5. The SMILES string of the molecule is c1ccc(-c2ccc3c(c2)-c2cc(-c4cccc5oc6ccccc6c45)ccc2C3)cc1. The zero-order chi connectivity index (χ0) is 21.1. The molecule has 0 radical (unpaired) electrons. The highest BCUT2D eigenvalue weighted by atomic mass is 16.3. The minimum atomic E-state index is 0.939. The second kappa shape index (κ2) is 6.70. The van der Waals surface area contributed by atoms with Crippen LogP contribution in [0.15, 0.2) is 114 Å². The molecule has 6 aromatic rings. The Morgan fingerprint density at radius 1 is 0.469 bits per heavy atom. The van der Waals surface area contributed by atoms with Gasteiger partial charge in [0, 0.05) is 10.8 Å². The molecule has 1 aromatic heterocycles. The Bertz CT molecular complexity index is 1640. The molecule has 0 spiro atoms. The maximum atomic E-state index is 6.13. The molecule has 1 heteroatoms. The Hall–Kier alpha value is -4.10. The molecule has 1 heterocycles. The maximum Gasteiger partial charge on any atom is 0.136 e. The van der Waals surface area contributed by atoms with E-state index in [0.717, 1.165) is 17.6 Å². The number of fused-ring (bicyclic) bond motifs is 6. The molecule has 0 atom stereocenters. The van der Waals surface area contributed by atoms with Crippen LogP contribution in [-0.4, -0.2) is 0 Å². The van der Waals surface area contributed by atoms with Gasteiger partial charge in [0.25, 0.3) is 0 Å². The van der Waals surface area contributed by atoms with Crippen molar-refractivity contribution in [3.05, 3.63) is 120 Å². The van der Waals surface area contributed by atoms with Crippen LogP contribution < -0.4 is 0 Å². The van der Waals surface area contributed by atoms with Crippen molar-refractivity contribution in [3.63, 3.8) is 0 Å². The molecule has 0 bridgehead atoms. The van der Waals surface area contributed by atoms with Gasteiger partial charge in [0.15, 0.2) is 0 Å². The van der Waals surface area contributed by atoms with E-state index < -0.39 is 0 Å². The second-order valence-corrected chi connectivity index (χ2v) is 8.56. The third kappa shape index (κ3) is 2.58. The van der Waals surface area contributed by atoms with Gasteiger partial charge < -0.3 is 4.42 Å². The molecule has 32 heavy (non-hydrogen) atoms. The summed E-state index contributed by atoms with van der Waals surface area (Å²) >= 11 is 0. The number of furan rings is 1. The molecule has 5 aromatic carbocycles. The van der Waals surface area contributed by atoms with E-state index in [4.69, 9.17) is 4.42 Å². The Balaban J connectivity index is 1.42. The van der Waals surface area contributed by atoms with E-state index in [-0.39, 0.29) is 0 Å². The van der Waals surface area contributed by atoms with E-state index >= 15 is 0 Å². The first kappa shape index (κ1) is 17.6. The normalized spacial score (nSPS) is 12.2. The second-order valence-electron chi connectivity index (χ2n) is 8.56. The van der Waals surface area contributed by atoms with Crippen LogP contribution in [0.4, 0.5) is 0 Å². The third-order valence-electron chi connectivity index (χ3n) is 6.71. The number of hydrogen-bond donors (Lipinski definition) is 0. The highest BCUT2D eigenvalue weighted by Crippen LogP contribution is 2.43. The quantitative estimate of drug-likeness (QED) is 0.279. The smallest absolute Gasteiger partial charge is 0.136 e. The average molecular weight is 409 g/mol. The van der Waals surface area contributed by atoms with Crippen LogP contribution >= 0.6 is 0 Å². The van der Waals surface area contributed by atoms with E-state index in [1.807, 2.05) is 12.1 Å². The molecule has 0 aliphatic heterocycles. The highest BCUT2D eigenvalue weighted by molar-refractivity contribution is 6.12. The fourth-order valence-corrected chi connectivity index (χ4v) is 5.16. The van der Waals surface area contributed by atoms with Crippen molar-refractivity contribution in [1.29, 1.82) is 0 Å². The summed E-state index contributed by atoms with van der Waals surface area (Å²) < 4.78 is 6.13. The lowest BCUT2D eigenvalue weighted by Gasteiger charge is -2.09. The predicted octanol–water partition coefficient (Wildman–Crippen LogP) is 8.49. The molecule has 0 fully saturated rings. The lowest BCUT2D eigenvalue weighted by molar-refractivity contribution is 0.669. The van der Waals surface area contributed by atoms with Gasteiger partial charge in [-0.2, -0.15) is 0 Å². The Morgan fingerprint density at radius 3 is 2.00 bits per heavy atom. The molecule has 0 amide bonds. The fraction of sp³-hybridized carbons (Fsp3) is 0.0323. The summed E-state index contributed by atoms with van der Waals surface area (Å²) in [6.45, 7) is 0. The molecular weight excluding hydrogens is 388 g/mol. The van der Waals surface area contributed by atoms with Crippen molar-refractivity contribution in [2.45, 2.75) is 6.42 Å². The van der Waals surface area contributed by atoms with Gasteiger partial charge in [-0.1, -0.05) is 84.9 Å². The van der Waals surface area contributed by atoms with Crippen molar-refractivity contribution < 1.29 is 4.42 Å². The van der Waals surface area contributed by atoms with Gasteiger partial charge in [-0.3, -0.25) is 0 Å². The van der Waals surface area contributed by atoms with Gasteiger partial charge in [0.1, 0.15) is 11.2 Å². The summed E-state index contributed by atoms with van der Waals surface area (Å²) in [7, 11) is 0. The molecule has 0 saturated heterocycles. The van der Waals surface area contributed by atoms with Crippen LogP contribution in [0.3, 0.4) is 0 Å². The van der Waals surface area contributed by atoms with E-state index in [1.54, 1.807) is 0 Å². The lowest BCUT2D eigenvalue weighted by Crippen LogP contribution is -1.84. The number of benzene rings is 5. The van der Waals surface area contributed by atoms with Crippen LogP contribution in [0.2, 0.25) is 0 Å². The van der Waals surface area contributed by atoms with Crippen LogP contribution in [0.25, 0.3) is 55.3 Å². The summed E-state index contributed by atoms with van der Waals surface area (Å²) in [5.74, 6) is 0. The Labute approximate surface area is 186 Å². The average Bonchev–Trinajstić information content (AvgIpc) is 3.42. The van der Waals surface area contributed by atoms with E-state index in [2.05, 4.69) is 97.1 Å². The molecule has 150 valence electrons. The summed E-state index contributed by atoms with van der Waals surface area (Å²) in [6, 6.07) is 39.1. The first-order chi connectivity index (χ1) is 15.8. The molecule has 0 N–H and O–H groups in total. The van der Waals surface area contributed by atoms with Crippen molar-refractivity contribution in [3.8, 4) is 33.4 Å². The zero-order valence-corrected chi connectivity index (χ0v) is 17.5. The first-order valence-electron chi connectivity index (χ1n) is 11.1. The number of para-hydroxylation sites is 1. The van der Waals surface area contributed by atoms with Crippen molar-refractivity contribution in [2.24, 2.45) is 0 Å². The van der Waals surface area contributed by atoms with Crippen LogP contribution in [-0.2, 0) is 6.42 Å². The van der Waals surface area contributed by atoms with Crippen LogP contribution in [0, 0.1) is 0 Å². The van der Waals surface area contributed by atoms with Gasteiger partial charge in [0.05, 0.1) is 0 Å². The summed E-state index contributed by atoms with van der Waals surface area (Å²) in [6.07, 6.45) is 0.999. The molecule has 1 aliphatic rings. The minimum absolute atomic E-state index is 0.939. The van der Waals surface area contributed by atoms with E-state index in [9.17, 15) is 0 Å². The van der Waals surface area contributed by atoms with E-state index in [0.29, 0.717) is 0 Å². The largest absolute Gasteiger partial charge is 0.456 e. The Kier molecular flexibility index (Phi) is 3.68. The molecule has 1 nitrogen and oxygen atoms in total. The molecule has 1 aliphatic carbocycles. The van der Waals surface area contributed by atoms with Gasteiger partial charge in [-0.15, -0.1) is 0 Å². The maximum absolute atomic E-state index is 6.13. The van der Waals surface area contributed by atoms with Gasteiger partial charge in [0.2, 0.25) is 0 Å². The van der Waals surface area contributed by atoms with E-state index in [1.165, 1.54) is 55.3 Å². The minimum Gasteiger partial charge on any atom is -0.456 e.